The summed E-state index contributed by atoms with van der Waals surface area (Å²) in [6.07, 6.45) is 0. The van der Waals surface area contributed by atoms with Crippen molar-refractivity contribution in [3.05, 3.63) is 59.1 Å². The van der Waals surface area contributed by atoms with E-state index >= 15 is 0 Å². The van der Waals surface area contributed by atoms with Crippen molar-refractivity contribution in [2.24, 2.45) is 0 Å². The van der Waals surface area contributed by atoms with Crippen molar-refractivity contribution in [1.82, 2.24) is 10.2 Å². The molecule has 0 saturated carbocycles. The van der Waals surface area contributed by atoms with Crippen LogP contribution in [0.5, 0.6) is 5.75 Å². The highest BCUT2D eigenvalue weighted by Crippen LogP contribution is 2.29. The molecule has 0 aliphatic carbocycles. The third-order valence-electron chi connectivity index (χ3n) is 3.23. The van der Waals surface area contributed by atoms with E-state index < -0.39 is 0 Å². The zero-order chi connectivity index (χ0) is 16.9. The van der Waals surface area contributed by atoms with E-state index in [4.69, 9.17) is 20.8 Å². The van der Waals surface area contributed by atoms with Crippen LogP contribution in [0.1, 0.15) is 10.4 Å². The second-order valence-electron chi connectivity index (χ2n) is 4.80. The Morgan fingerprint density at radius 2 is 2.04 bits per heavy atom. The predicted molar refractivity (Wildman–Crippen MR) is 92.8 cm³/mol. The number of ether oxygens (including phenoxy) is 1. The molecule has 0 spiro atoms. The molecule has 0 bridgehead atoms. The van der Waals surface area contributed by atoms with Gasteiger partial charge in [0, 0.05) is 5.56 Å². The molecule has 1 heterocycles. The average molecular weight is 361 g/mol. The minimum Gasteiger partial charge on any atom is -0.497 e. The van der Waals surface area contributed by atoms with Crippen molar-refractivity contribution in [3.63, 3.8) is 0 Å². The van der Waals surface area contributed by atoms with Gasteiger partial charge in [0.25, 0.3) is 5.22 Å². The van der Waals surface area contributed by atoms with Gasteiger partial charge < -0.3 is 9.15 Å². The lowest BCUT2D eigenvalue weighted by Crippen LogP contribution is -2.02. The van der Waals surface area contributed by atoms with Gasteiger partial charge >= 0.3 is 0 Å². The molecule has 2 aromatic carbocycles. The molecule has 0 N–H and O–H groups in total. The number of carbonyl (C=O) groups excluding carboxylic acids is 1. The lowest BCUT2D eigenvalue weighted by molar-refractivity contribution is 0.102. The summed E-state index contributed by atoms with van der Waals surface area (Å²) in [5.41, 5.74) is 1.24. The summed E-state index contributed by atoms with van der Waals surface area (Å²) in [5.74, 6) is 1.12. The monoisotopic (exact) mass is 360 g/mol. The summed E-state index contributed by atoms with van der Waals surface area (Å²) in [6, 6.07) is 14.2. The Bertz CT molecular complexity index is 866. The molecular weight excluding hydrogens is 348 g/mol. The van der Waals surface area contributed by atoms with Crippen molar-refractivity contribution >= 4 is 29.1 Å². The number of benzene rings is 2. The maximum Gasteiger partial charge on any atom is 0.277 e. The zero-order valence-corrected chi connectivity index (χ0v) is 14.3. The normalized spacial score (nSPS) is 10.6. The first-order chi connectivity index (χ1) is 11.7. The van der Waals surface area contributed by atoms with E-state index in [1.54, 1.807) is 43.5 Å². The Hall–Kier alpha value is -2.31. The number of carbonyl (C=O) groups is 1. The Balaban J connectivity index is 1.67. The highest BCUT2D eigenvalue weighted by molar-refractivity contribution is 7.99. The molecule has 24 heavy (non-hydrogen) atoms. The van der Waals surface area contributed by atoms with Gasteiger partial charge in [-0.2, -0.15) is 0 Å². The molecular formula is C17H13ClN2O3S. The second-order valence-corrected chi connectivity index (χ2v) is 6.13. The first-order valence-corrected chi connectivity index (χ1v) is 8.42. The number of nitrogens with zero attached hydrogens (tertiary/aromatic N) is 2. The fraction of sp³-hybridized carbons (Fsp3) is 0.118. The van der Waals surface area contributed by atoms with E-state index in [-0.39, 0.29) is 11.5 Å². The molecule has 0 aliphatic rings. The number of ketones is 1. The van der Waals surface area contributed by atoms with Crippen molar-refractivity contribution < 1.29 is 13.9 Å². The molecule has 5 nitrogen and oxygen atoms in total. The molecule has 7 heteroatoms. The Morgan fingerprint density at radius 1 is 1.21 bits per heavy atom. The van der Waals surface area contributed by atoms with Gasteiger partial charge in [0.05, 0.1) is 23.4 Å². The van der Waals surface area contributed by atoms with Gasteiger partial charge in [-0.05, 0) is 24.3 Å². The largest absolute Gasteiger partial charge is 0.497 e. The summed E-state index contributed by atoms with van der Waals surface area (Å²) in [6.45, 7) is 0. The van der Waals surface area contributed by atoms with Gasteiger partial charge in [-0.1, -0.05) is 47.6 Å². The number of halogens is 1. The van der Waals surface area contributed by atoms with E-state index in [1.807, 2.05) is 12.1 Å². The van der Waals surface area contributed by atoms with Crippen molar-refractivity contribution in [3.8, 4) is 17.2 Å². The fourth-order valence-corrected chi connectivity index (χ4v) is 2.89. The number of hydrogen-bond donors (Lipinski definition) is 0. The topological polar surface area (TPSA) is 65.2 Å². The van der Waals surface area contributed by atoms with E-state index in [0.717, 1.165) is 0 Å². The van der Waals surface area contributed by atoms with Crippen molar-refractivity contribution in [2.75, 3.05) is 12.9 Å². The summed E-state index contributed by atoms with van der Waals surface area (Å²) >= 11 is 7.29. The van der Waals surface area contributed by atoms with Crippen LogP contribution in [0.25, 0.3) is 11.5 Å². The molecule has 0 atom stereocenters. The summed E-state index contributed by atoms with van der Waals surface area (Å²) < 4.78 is 10.7. The summed E-state index contributed by atoms with van der Waals surface area (Å²) in [4.78, 5) is 12.2. The van der Waals surface area contributed by atoms with Gasteiger partial charge in [-0.25, -0.2) is 0 Å². The number of thioether (sulfide) groups is 1. The third-order valence-corrected chi connectivity index (χ3v) is 4.38. The van der Waals surface area contributed by atoms with Gasteiger partial charge in [0.2, 0.25) is 5.89 Å². The molecule has 0 radical (unpaired) electrons. The minimum absolute atomic E-state index is 0.0450. The van der Waals surface area contributed by atoms with Crippen LogP contribution in [0.3, 0.4) is 0 Å². The minimum atomic E-state index is -0.0450. The van der Waals surface area contributed by atoms with Crippen LogP contribution >= 0.6 is 23.4 Å². The maximum absolute atomic E-state index is 12.2. The fourth-order valence-electron chi connectivity index (χ4n) is 2.02. The number of methoxy groups -OCH3 is 1. The smallest absolute Gasteiger partial charge is 0.277 e. The van der Waals surface area contributed by atoms with Crippen LogP contribution in [-0.4, -0.2) is 28.8 Å². The molecule has 0 amide bonds. The molecule has 3 aromatic rings. The van der Waals surface area contributed by atoms with Crippen LogP contribution in [0.15, 0.2) is 58.2 Å². The lowest BCUT2D eigenvalue weighted by Gasteiger charge is -2.02. The lowest BCUT2D eigenvalue weighted by atomic mass is 10.1. The SMILES string of the molecule is COc1cccc(C(=O)CSc2nnc(-c3ccccc3Cl)o2)c1. The van der Waals surface area contributed by atoms with Crippen LogP contribution in [-0.2, 0) is 0 Å². The Labute approximate surface area is 148 Å². The number of rotatable bonds is 6. The number of hydrogen-bond acceptors (Lipinski definition) is 6. The first kappa shape index (κ1) is 16.5. The van der Waals surface area contributed by atoms with E-state index in [9.17, 15) is 4.79 Å². The highest BCUT2D eigenvalue weighted by Gasteiger charge is 2.14. The predicted octanol–water partition coefficient (Wildman–Crippen LogP) is 4.37. The average Bonchev–Trinajstić information content (AvgIpc) is 3.09. The van der Waals surface area contributed by atoms with E-state index in [0.29, 0.717) is 33.0 Å². The van der Waals surface area contributed by atoms with E-state index in [1.165, 1.54) is 11.8 Å². The molecule has 1 aromatic heterocycles. The van der Waals surface area contributed by atoms with Crippen LogP contribution in [0.4, 0.5) is 0 Å². The van der Waals surface area contributed by atoms with Crippen molar-refractivity contribution in [1.29, 1.82) is 0 Å². The Kier molecular flexibility index (Phi) is 5.17. The molecule has 0 fully saturated rings. The molecule has 0 saturated heterocycles. The number of aromatic nitrogens is 2. The zero-order valence-electron chi connectivity index (χ0n) is 12.7. The first-order valence-electron chi connectivity index (χ1n) is 7.06. The Morgan fingerprint density at radius 3 is 2.83 bits per heavy atom. The second kappa shape index (κ2) is 7.51. The standard InChI is InChI=1S/C17H13ClN2O3S/c1-22-12-6-4-5-11(9-12)15(21)10-24-17-20-19-16(23-17)13-7-2-3-8-14(13)18/h2-9H,10H2,1H3. The third kappa shape index (κ3) is 3.77. The van der Waals surface area contributed by atoms with Gasteiger partial charge in [-0.15, -0.1) is 10.2 Å². The number of Topliss-reactive ketones (excluding diaryl/α,β-unsaturated/α-hetero) is 1. The van der Waals surface area contributed by atoms with Crippen LogP contribution in [0, 0.1) is 0 Å². The van der Waals surface area contributed by atoms with Crippen LogP contribution in [0.2, 0.25) is 5.02 Å². The molecule has 0 aliphatic heterocycles. The maximum atomic E-state index is 12.2. The van der Waals surface area contributed by atoms with Crippen molar-refractivity contribution in [2.45, 2.75) is 5.22 Å². The van der Waals surface area contributed by atoms with E-state index in [2.05, 4.69) is 10.2 Å². The molecule has 3 rings (SSSR count). The highest BCUT2D eigenvalue weighted by atomic mass is 35.5. The van der Waals surface area contributed by atoms with Crippen LogP contribution < -0.4 is 4.74 Å². The summed E-state index contributed by atoms with van der Waals surface area (Å²) in [7, 11) is 1.56. The van der Waals surface area contributed by atoms with Gasteiger partial charge in [0.15, 0.2) is 5.78 Å². The molecule has 122 valence electrons. The quantitative estimate of drug-likeness (QED) is 0.480. The van der Waals surface area contributed by atoms with Gasteiger partial charge in [-0.3, -0.25) is 4.79 Å². The molecule has 0 unspecified atom stereocenters. The van der Waals surface area contributed by atoms with Gasteiger partial charge in [0.1, 0.15) is 5.75 Å². The summed E-state index contributed by atoms with van der Waals surface area (Å²) in [5, 5.41) is 8.77.